The smallest absolute Gasteiger partial charge is 0.415 e. The summed E-state index contributed by atoms with van der Waals surface area (Å²) >= 11 is 0. The quantitative estimate of drug-likeness (QED) is 0.628. The third-order valence-corrected chi connectivity index (χ3v) is 5.66. The van der Waals surface area contributed by atoms with Crippen molar-refractivity contribution in [3.8, 4) is 11.8 Å². The first-order valence-electron chi connectivity index (χ1n) is 10.5. The molecule has 1 aliphatic heterocycles. The van der Waals surface area contributed by atoms with Crippen LogP contribution in [0.4, 0.5) is 16.6 Å². The maximum absolute atomic E-state index is 12.3. The van der Waals surface area contributed by atoms with Crippen LogP contribution < -0.4 is 10.2 Å². The predicted molar refractivity (Wildman–Crippen MR) is 120 cm³/mol. The van der Waals surface area contributed by atoms with Crippen LogP contribution in [0.1, 0.15) is 43.6 Å². The zero-order chi connectivity index (χ0) is 22.8. The number of amides is 1. The number of carbonyl (C=O) groups is 1. The molecule has 0 saturated carbocycles. The summed E-state index contributed by atoms with van der Waals surface area (Å²) in [6.07, 6.45) is 3.05. The molecule has 32 heavy (non-hydrogen) atoms. The van der Waals surface area contributed by atoms with Crippen molar-refractivity contribution < 1.29 is 9.53 Å². The highest BCUT2D eigenvalue weighted by Gasteiger charge is 2.37. The van der Waals surface area contributed by atoms with E-state index in [1.54, 1.807) is 29.3 Å². The number of hydrogen-bond donors (Lipinski definition) is 1. The fraction of sp³-hybridized carbons (Fsp3) is 0.348. The molecular weight excluding hydrogens is 406 g/mol. The number of nitriles is 1. The Labute approximate surface area is 186 Å². The van der Waals surface area contributed by atoms with Crippen molar-refractivity contribution in [1.82, 2.24) is 19.7 Å². The van der Waals surface area contributed by atoms with Crippen LogP contribution in [0.25, 0.3) is 5.69 Å². The number of aromatic nitrogens is 4. The lowest BCUT2D eigenvalue weighted by molar-refractivity contribution is 0.177. The number of ether oxygens (including phenoxy) is 1. The Kier molecular flexibility index (Phi) is 5.77. The number of anilines is 2. The molecule has 0 bridgehead atoms. The van der Waals surface area contributed by atoms with E-state index in [0.29, 0.717) is 23.9 Å². The molecule has 2 atom stereocenters. The topological polar surface area (TPSA) is 109 Å². The minimum Gasteiger partial charge on any atom is -0.447 e. The molecule has 1 fully saturated rings. The summed E-state index contributed by atoms with van der Waals surface area (Å²) in [5, 5.41) is 16.8. The Hall–Kier alpha value is -3.93. The lowest BCUT2D eigenvalue weighted by Crippen LogP contribution is -2.37. The highest BCUT2D eigenvalue weighted by molar-refractivity contribution is 5.89. The molecule has 9 nitrogen and oxygen atoms in total. The zero-order valence-corrected chi connectivity index (χ0v) is 18.5. The number of rotatable bonds is 6. The van der Waals surface area contributed by atoms with Gasteiger partial charge in [0, 0.05) is 17.5 Å². The first-order chi connectivity index (χ1) is 15.4. The summed E-state index contributed by atoms with van der Waals surface area (Å²) in [6, 6.07) is 10.9. The van der Waals surface area contributed by atoms with E-state index in [1.165, 1.54) is 0 Å². The maximum Gasteiger partial charge on any atom is 0.415 e. The van der Waals surface area contributed by atoms with Gasteiger partial charge in [0.25, 0.3) is 0 Å². The van der Waals surface area contributed by atoms with Gasteiger partial charge in [-0.2, -0.15) is 15.3 Å². The van der Waals surface area contributed by atoms with E-state index in [1.807, 2.05) is 36.9 Å². The molecule has 1 saturated heterocycles. The molecular formula is C23H25N7O2. The van der Waals surface area contributed by atoms with E-state index < -0.39 is 0 Å². The third kappa shape index (κ3) is 3.99. The first kappa shape index (κ1) is 21.3. The molecule has 3 aromatic rings. The van der Waals surface area contributed by atoms with Crippen molar-refractivity contribution in [3.63, 3.8) is 0 Å². The van der Waals surface area contributed by atoms with E-state index in [4.69, 9.17) is 10.00 Å². The zero-order valence-electron chi connectivity index (χ0n) is 18.5. The normalized spacial score (nSPS) is 16.7. The summed E-state index contributed by atoms with van der Waals surface area (Å²) in [5.41, 5.74) is 3.44. The molecule has 0 radical (unpaired) electrons. The summed E-state index contributed by atoms with van der Waals surface area (Å²) in [7, 11) is 0. The van der Waals surface area contributed by atoms with Gasteiger partial charge in [-0.05, 0) is 50.1 Å². The number of nitrogens with one attached hydrogen (secondary N) is 1. The van der Waals surface area contributed by atoms with E-state index in [9.17, 15) is 4.79 Å². The van der Waals surface area contributed by atoms with Gasteiger partial charge in [-0.1, -0.05) is 13.8 Å². The lowest BCUT2D eigenvalue weighted by atomic mass is 10.0. The second-order valence-electron chi connectivity index (χ2n) is 8.12. The van der Waals surface area contributed by atoms with E-state index in [2.05, 4.69) is 40.3 Å². The number of carbonyl (C=O) groups excluding carboxylic acids is 1. The molecule has 0 spiro atoms. The fourth-order valence-electron chi connectivity index (χ4n) is 3.80. The van der Waals surface area contributed by atoms with Gasteiger partial charge in [0.2, 0.25) is 5.95 Å². The first-order valence-corrected chi connectivity index (χ1v) is 10.5. The van der Waals surface area contributed by atoms with Crippen molar-refractivity contribution in [1.29, 1.82) is 5.26 Å². The summed E-state index contributed by atoms with van der Waals surface area (Å²) < 4.78 is 7.07. The Morgan fingerprint density at radius 2 is 1.97 bits per heavy atom. The molecule has 0 aliphatic carbocycles. The van der Waals surface area contributed by atoms with Crippen LogP contribution >= 0.6 is 0 Å². The largest absolute Gasteiger partial charge is 0.447 e. The highest BCUT2D eigenvalue weighted by atomic mass is 16.6. The van der Waals surface area contributed by atoms with Gasteiger partial charge < -0.3 is 10.1 Å². The summed E-state index contributed by atoms with van der Waals surface area (Å²) in [5.74, 6) is 1.17. The number of hydrogen-bond acceptors (Lipinski definition) is 7. The van der Waals surface area contributed by atoms with Gasteiger partial charge in [-0.15, -0.1) is 0 Å². The minimum atomic E-state index is -0.388. The molecule has 2 aromatic heterocycles. The van der Waals surface area contributed by atoms with E-state index in [-0.39, 0.29) is 24.1 Å². The third-order valence-electron chi connectivity index (χ3n) is 5.66. The van der Waals surface area contributed by atoms with E-state index in [0.717, 1.165) is 16.9 Å². The van der Waals surface area contributed by atoms with Crippen LogP contribution in [0.2, 0.25) is 0 Å². The summed E-state index contributed by atoms with van der Waals surface area (Å²) in [4.78, 5) is 22.7. The van der Waals surface area contributed by atoms with Crippen molar-refractivity contribution in [2.24, 2.45) is 5.92 Å². The van der Waals surface area contributed by atoms with E-state index >= 15 is 0 Å². The number of benzene rings is 1. The molecule has 1 N–H and O–H groups in total. The SMILES string of the molecule is Cc1c(C(C)Nc2nccc(N3C(=O)OCC3C(C)C)n2)cnn1-c1ccc(C#N)cc1. The molecule has 4 rings (SSSR count). The van der Waals surface area contributed by atoms with Crippen LogP contribution in [-0.4, -0.2) is 38.5 Å². The minimum absolute atomic E-state index is 0.0597. The van der Waals surface area contributed by atoms with Gasteiger partial charge in [-0.25, -0.2) is 14.5 Å². The van der Waals surface area contributed by atoms with Crippen LogP contribution in [0.15, 0.2) is 42.7 Å². The predicted octanol–water partition coefficient (Wildman–Crippen LogP) is 4.00. The van der Waals surface area contributed by atoms with Gasteiger partial charge in [0.05, 0.1) is 35.6 Å². The van der Waals surface area contributed by atoms with Crippen LogP contribution in [0, 0.1) is 24.2 Å². The maximum atomic E-state index is 12.3. The van der Waals surface area contributed by atoms with Gasteiger partial charge in [-0.3, -0.25) is 4.90 Å². The van der Waals surface area contributed by atoms with Crippen LogP contribution in [0.5, 0.6) is 0 Å². The second-order valence-corrected chi connectivity index (χ2v) is 8.12. The Balaban J connectivity index is 1.54. The highest BCUT2D eigenvalue weighted by Crippen LogP contribution is 2.27. The van der Waals surface area contributed by atoms with Gasteiger partial charge in [0.1, 0.15) is 12.4 Å². The molecule has 1 aromatic carbocycles. The van der Waals surface area contributed by atoms with Crippen LogP contribution in [0.3, 0.4) is 0 Å². The average molecular weight is 432 g/mol. The number of cyclic esters (lactones) is 1. The van der Waals surface area contributed by atoms with Crippen molar-refractivity contribution >= 4 is 17.9 Å². The molecule has 9 heteroatoms. The Morgan fingerprint density at radius 1 is 1.22 bits per heavy atom. The van der Waals surface area contributed by atoms with Gasteiger partial charge in [0.15, 0.2) is 0 Å². The standard InChI is InChI=1S/C23H25N7O2/c1-14(2)20-13-32-23(31)29(20)21-9-10-25-22(28-21)27-15(3)19-12-26-30(16(19)4)18-7-5-17(11-24)6-8-18/h5-10,12,14-15,20H,13H2,1-4H3,(H,25,27,28). The molecule has 1 aliphatic rings. The van der Waals surface area contributed by atoms with Crippen molar-refractivity contribution in [2.45, 2.75) is 39.8 Å². The molecule has 2 unspecified atom stereocenters. The lowest BCUT2D eigenvalue weighted by Gasteiger charge is -2.23. The van der Waals surface area contributed by atoms with Gasteiger partial charge >= 0.3 is 6.09 Å². The number of nitrogens with zero attached hydrogens (tertiary/aromatic N) is 6. The molecule has 3 heterocycles. The Morgan fingerprint density at radius 3 is 2.66 bits per heavy atom. The average Bonchev–Trinajstić information content (AvgIpc) is 3.37. The fourth-order valence-corrected chi connectivity index (χ4v) is 3.80. The second kappa shape index (κ2) is 8.67. The molecule has 1 amide bonds. The molecule has 164 valence electrons. The summed E-state index contributed by atoms with van der Waals surface area (Å²) in [6.45, 7) is 8.45. The van der Waals surface area contributed by atoms with Crippen molar-refractivity contribution in [2.75, 3.05) is 16.8 Å². The van der Waals surface area contributed by atoms with Crippen LogP contribution in [-0.2, 0) is 4.74 Å². The Bertz CT molecular complexity index is 1160. The monoisotopic (exact) mass is 431 g/mol. The van der Waals surface area contributed by atoms with Crippen molar-refractivity contribution in [3.05, 3.63) is 59.5 Å².